The van der Waals surface area contributed by atoms with Crippen LogP contribution in [0.4, 0.5) is 0 Å². The van der Waals surface area contributed by atoms with Crippen LogP contribution in [0.15, 0.2) is 54.6 Å². The van der Waals surface area contributed by atoms with Crippen LogP contribution in [0.3, 0.4) is 0 Å². The standard InChI is InChI=1S/C17H16N2O3/c20-16-10-12(11-18-16)19-17(21)14-8-4-5-9-15(14)22-13-6-2-1-3-7-13/h1-9,12H,10-11H2,(H,18,20)(H,19,21)/t12-/m0/s1. The molecule has 22 heavy (non-hydrogen) atoms. The van der Waals surface area contributed by atoms with Crippen molar-refractivity contribution in [2.24, 2.45) is 0 Å². The number of ether oxygens (including phenoxy) is 1. The molecule has 0 radical (unpaired) electrons. The zero-order chi connectivity index (χ0) is 15.4. The number of amides is 2. The van der Waals surface area contributed by atoms with Gasteiger partial charge >= 0.3 is 0 Å². The molecule has 1 saturated heterocycles. The summed E-state index contributed by atoms with van der Waals surface area (Å²) in [6, 6.07) is 16.2. The summed E-state index contributed by atoms with van der Waals surface area (Å²) in [5.74, 6) is 0.871. The molecule has 5 nitrogen and oxygen atoms in total. The Kier molecular flexibility index (Phi) is 4.05. The molecule has 1 atom stereocenters. The number of benzene rings is 2. The van der Waals surface area contributed by atoms with E-state index in [1.54, 1.807) is 18.2 Å². The molecule has 2 aromatic carbocycles. The van der Waals surface area contributed by atoms with Crippen molar-refractivity contribution in [2.75, 3.05) is 6.54 Å². The van der Waals surface area contributed by atoms with E-state index < -0.39 is 0 Å². The molecule has 2 amide bonds. The van der Waals surface area contributed by atoms with Crippen LogP contribution >= 0.6 is 0 Å². The summed E-state index contributed by atoms with van der Waals surface area (Å²) in [4.78, 5) is 23.6. The van der Waals surface area contributed by atoms with Gasteiger partial charge in [-0.25, -0.2) is 0 Å². The van der Waals surface area contributed by atoms with Crippen LogP contribution < -0.4 is 15.4 Å². The second-order valence-corrected chi connectivity index (χ2v) is 5.09. The van der Waals surface area contributed by atoms with Gasteiger partial charge in [0.15, 0.2) is 0 Å². The Hall–Kier alpha value is -2.82. The van der Waals surface area contributed by atoms with Crippen LogP contribution in [0.2, 0.25) is 0 Å². The maximum atomic E-state index is 12.4. The normalized spacial score (nSPS) is 16.9. The number of hydrogen-bond donors (Lipinski definition) is 2. The van der Waals surface area contributed by atoms with E-state index in [2.05, 4.69) is 10.6 Å². The number of carbonyl (C=O) groups is 2. The quantitative estimate of drug-likeness (QED) is 0.908. The minimum absolute atomic E-state index is 0.0425. The lowest BCUT2D eigenvalue weighted by Crippen LogP contribution is -2.36. The van der Waals surface area contributed by atoms with Gasteiger partial charge in [-0.2, -0.15) is 0 Å². The van der Waals surface area contributed by atoms with E-state index in [0.717, 1.165) is 0 Å². The molecule has 0 aromatic heterocycles. The fourth-order valence-electron chi connectivity index (χ4n) is 2.33. The maximum absolute atomic E-state index is 12.4. The molecule has 0 saturated carbocycles. The molecule has 1 aliphatic heterocycles. The maximum Gasteiger partial charge on any atom is 0.255 e. The lowest BCUT2D eigenvalue weighted by molar-refractivity contribution is -0.119. The second-order valence-electron chi connectivity index (χ2n) is 5.09. The summed E-state index contributed by atoms with van der Waals surface area (Å²) in [6.45, 7) is 0.465. The minimum atomic E-state index is -0.243. The van der Waals surface area contributed by atoms with Crippen molar-refractivity contribution in [2.45, 2.75) is 12.5 Å². The average molecular weight is 296 g/mol. The van der Waals surface area contributed by atoms with Crippen LogP contribution in [-0.2, 0) is 4.79 Å². The van der Waals surface area contributed by atoms with Crippen LogP contribution in [0.25, 0.3) is 0 Å². The van der Waals surface area contributed by atoms with Crippen LogP contribution in [0.5, 0.6) is 11.5 Å². The van der Waals surface area contributed by atoms with E-state index in [-0.39, 0.29) is 17.9 Å². The Balaban J connectivity index is 1.75. The van der Waals surface area contributed by atoms with Gasteiger partial charge in [-0.3, -0.25) is 9.59 Å². The van der Waals surface area contributed by atoms with Crippen LogP contribution in [0.1, 0.15) is 16.8 Å². The van der Waals surface area contributed by atoms with Gasteiger partial charge in [0.2, 0.25) is 5.91 Å². The Bertz CT molecular complexity index is 685. The molecule has 1 aliphatic rings. The third kappa shape index (κ3) is 3.25. The van der Waals surface area contributed by atoms with Gasteiger partial charge in [-0.05, 0) is 24.3 Å². The largest absolute Gasteiger partial charge is 0.457 e. The van der Waals surface area contributed by atoms with E-state index in [4.69, 9.17) is 4.74 Å². The van der Waals surface area contributed by atoms with Crippen molar-refractivity contribution in [3.05, 3.63) is 60.2 Å². The Morgan fingerprint density at radius 3 is 2.55 bits per heavy atom. The third-order valence-electron chi connectivity index (χ3n) is 3.42. The predicted octanol–water partition coefficient (Wildman–Crippen LogP) is 2.10. The van der Waals surface area contributed by atoms with Gasteiger partial charge in [0.25, 0.3) is 5.91 Å². The number of nitrogens with one attached hydrogen (secondary N) is 2. The highest BCUT2D eigenvalue weighted by Crippen LogP contribution is 2.25. The number of rotatable bonds is 4. The lowest BCUT2D eigenvalue weighted by atomic mass is 10.1. The molecule has 0 spiro atoms. The molecule has 2 N–H and O–H groups in total. The molecular weight excluding hydrogens is 280 g/mol. The van der Waals surface area contributed by atoms with Gasteiger partial charge in [-0.1, -0.05) is 30.3 Å². The highest BCUT2D eigenvalue weighted by Gasteiger charge is 2.24. The Labute approximate surface area is 128 Å². The zero-order valence-electron chi connectivity index (χ0n) is 11.9. The van der Waals surface area contributed by atoms with Crippen molar-refractivity contribution < 1.29 is 14.3 Å². The fourth-order valence-corrected chi connectivity index (χ4v) is 2.33. The van der Waals surface area contributed by atoms with E-state index in [9.17, 15) is 9.59 Å². The van der Waals surface area contributed by atoms with Crippen LogP contribution in [0, 0.1) is 0 Å². The van der Waals surface area contributed by atoms with E-state index >= 15 is 0 Å². The van der Waals surface area contributed by atoms with Gasteiger partial charge in [0.1, 0.15) is 11.5 Å². The summed E-state index contributed by atoms with van der Waals surface area (Å²) in [6.07, 6.45) is 0.313. The molecule has 1 fully saturated rings. The summed E-state index contributed by atoms with van der Waals surface area (Å²) >= 11 is 0. The first kappa shape index (κ1) is 14.1. The summed E-state index contributed by atoms with van der Waals surface area (Å²) in [5, 5.41) is 5.55. The molecular formula is C17H16N2O3. The Morgan fingerprint density at radius 2 is 1.82 bits per heavy atom. The molecule has 5 heteroatoms. The van der Waals surface area contributed by atoms with Crippen molar-refractivity contribution >= 4 is 11.8 Å². The van der Waals surface area contributed by atoms with Crippen molar-refractivity contribution in [3.63, 3.8) is 0 Å². The summed E-state index contributed by atoms with van der Waals surface area (Å²) in [5.41, 5.74) is 0.450. The molecule has 0 bridgehead atoms. The first-order valence-electron chi connectivity index (χ1n) is 7.12. The van der Waals surface area contributed by atoms with Crippen LogP contribution in [-0.4, -0.2) is 24.4 Å². The number of carbonyl (C=O) groups excluding carboxylic acids is 2. The predicted molar refractivity (Wildman–Crippen MR) is 81.8 cm³/mol. The smallest absolute Gasteiger partial charge is 0.255 e. The van der Waals surface area contributed by atoms with E-state index in [1.807, 2.05) is 36.4 Å². The van der Waals surface area contributed by atoms with Gasteiger partial charge < -0.3 is 15.4 Å². The van der Waals surface area contributed by atoms with Gasteiger partial charge in [-0.15, -0.1) is 0 Å². The number of hydrogen-bond acceptors (Lipinski definition) is 3. The highest BCUT2D eigenvalue weighted by molar-refractivity contribution is 5.97. The third-order valence-corrected chi connectivity index (χ3v) is 3.42. The van der Waals surface area contributed by atoms with E-state index in [0.29, 0.717) is 30.0 Å². The lowest BCUT2D eigenvalue weighted by Gasteiger charge is -2.14. The first-order valence-corrected chi connectivity index (χ1v) is 7.12. The zero-order valence-corrected chi connectivity index (χ0v) is 11.9. The summed E-state index contributed by atoms with van der Waals surface area (Å²) in [7, 11) is 0. The molecule has 1 heterocycles. The highest BCUT2D eigenvalue weighted by atomic mass is 16.5. The van der Waals surface area contributed by atoms with Gasteiger partial charge in [0, 0.05) is 13.0 Å². The monoisotopic (exact) mass is 296 g/mol. The first-order chi connectivity index (χ1) is 10.7. The molecule has 0 unspecified atom stereocenters. The van der Waals surface area contributed by atoms with Gasteiger partial charge in [0.05, 0.1) is 11.6 Å². The van der Waals surface area contributed by atoms with Crippen molar-refractivity contribution in [1.82, 2.24) is 10.6 Å². The fraction of sp³-hybridized carbons (Fsp3) is 0.176. The molecule has 3 rings (SSSR count). The number of para-hydroxylation sites is 2. The SMILES string of the molecule is O=C1C[C@H](NC(=O)c2ccccc2Oc2ccccc2)CN1. The van der Waals surface area contributed by atoms with Crippen molar-refractivity contribution in [3.8, 4) is 11.5 Å². The molecule has 0 aliphatic carbocycles. The van der Waals surface area contributed by atoms with E-state index in [1.165, 1.54) is 0 Å². The topological polar surface area (TPSA) is 67.4 Å². The average Bonchev–Trinajstić information content (AvgIpc) is 2.94. The summed E-state index contributed by atoms with van der Waals surface area (Å²) < 4.78 is 5.77. The minimum Gasteiger partial charge on any atom is -0.457 e. The second kappa shape index (κ2) is 6.30. The molecule has 112 valence electrons. The molecule has 2 aromatic rings. The Morgan fingerprint density at radius 1 is 1.09 bits per heavy atom. The van der Waals surface area contributed by atoms with Crippen molar-refractivity contribution in [1.29, 1.82) is 0 Å².